The molecule has 12 aromatic carbocycles. The Bertz CT molecular complexity index is 4130. The molecule has 0 unspecified atom stereocenters. The lowest BCUT2D eigenvalue weighted by molar-refractivity contribution is 0.669. The van der Waals surface area contributed by atoms with E-state index in [-0.39, 0.29) is 0 Å². The second kappa shape index (κ2) is 17.4. The summed E-state index contributed by atoms with van der Waals surface area (Å²) in [4.78, 5) is 2.42. The van der Waals surface area contributed by atoms with Crippen LogP contribution in [0, 0.1) is 0 Å². The number of nitrogens with zero attached hydrogens (tertiary/aromatic N) is 1. The van der Waals surface area contributed by atoms with E-state index in [4.69, 9.17) is 4.42 Å². The molecule has 1 aliphatic carbocycles. The lowest BCUT2D eigenvalue weighted by Gasteiger charge is -2.34. The predicted octanol–water partition coefficient (Wildman–Crippen LogP) is 19.2. The lowest BCUT2D eigenvalue weighted by atomic mass is 9.67. The van der Waals surface area contributed by atoms with Gasteiger partial charge in [-0.25, -0.2) is 0 Å². The van der Waals surface area contributed by atoms with Crippen LogP contribution in [0.25, 0.3) is 88.3 Å². The number of fused-ring (bicyclic) bond motifs is 7. The van der Waals surface area contributed by atoms with Crippen LogP contribution in [-0.4, -0.2) is 0 Å². The van der Waals surface area contributed by atoms with Crippen molar-refractivity contribution in [3.63, 3.8) is 0 Å². The van der Waals surface area contributed by atoms with Crippen LogP contribution in [0.3, 0.4) is 0 Å². The van der Waals surface area contributed by atoms with E-state index in [1.165, 1.54) is 66.4 Å². The number of para-hydroxylation sites is 2. The van der Waals surface area contributed by atoms with Gasteiger partial charge >= 0.3 is 0 Å². The summed E-state index contributed by atoms with van der Waals surface area (Å²) >= 11 is 0. The maximum absolute atomic E-state index is 6.33. The molecular weight excluding hydrogens is 883 g/mol. The van der Waals surface area contributed by atoms with Crippen LogP contribution in [0.4, 0.5) is 17.1 Å². The van der Waals surface area contributed by atoms with E-state index in [1.807, 2.05) is 12.1 Å². The molecule has 0 amide bonds. The van der Waals surface area contributed by atoms with Crippen LogP contribution < -0.4 is 4.90 Å². The quantitative estimate of drug-likeness (QED) is 0.143. The van der Waals surface area contributed by atoms with Crippen LogP contribution in [-0.2, 0) is 5.41 Å². The highest BCUT2D eigenvalue weighted by molar-refractivity contribution is 6.09. The average molecular weight is 930 g/mol. The third kappa shape index (κ3) is 6.94. The molecule has 0 aliphatic heterocycles. The third-order valence-corrected chi connectivity index (χ3v) is 15.2. The Balaban J connectivity index is 0.914. The molecule has 0 saturated heterocycles. The molecule has 0 fully saturated rings. The van der Waals surface area contributed by atoms with Crippen LogP contribution in [0.5, 0.6) is 0 Å². The molecule has 1 aromatic heterocycles. The summed E-state index contributed by atoms with van der Waals surface area (Å²) in [6.07, 6.45) is 0. The standard InChI is InChI=1S/C71H47NO/c1-4-18-50(19-5-1)58-29-16-20-51-21-17-30-64(70(51)58)61-27-11-14-32-67(61)72(57-42-36-49(37-43-57)53-39-45-63-62-28-12-15-33-68(62)73-69(63)47-53)56-40-34-48(35-41-56)52-38-44-60-59-26-10-13-31-65(59)71(66(60)46-52,54-22-6-2-7-23-54)55-24-8-3-9-25-55/h1-47H. The lowest BCUT2D eigenvalue weighted by Crippen LogP contribution is -2.28. The highest BCUT2D eigenvalue weighted by Crippen LogP contribution is 2.57. The van der Waals surface area contributed by atoms with Gasteiger partial charge in [-0.1, -0.05) is 231 Å². The van der Waals surface area contributed by atoms with Gasteiger partial charge in [0.25, 0.3) is 0 Å². The maximum Gasteiger partial charge on any atom is 0.136 e. The number of furan rings is 1. The maximum atomic E-state index is 6.33. The molecular formula is C71H47NO. The molecule has 1 heterocycles. The van der Waals surface area contributed by atoms with E-state index in [2.05, 4.69) is 278 Å². The first-order valence-electron chi connectivity index (χ1n) is 25.2. The van der Waals surface area contributed by atoms with Crippen LogP contribution in [0.15, 0.2) is 290 Å². The number of hydrogen-bond acceptors (Lipinski definition) is 2. The van der Waals surface area contributed by atoms with Crippen LogP contribution >= 0.6 is 0 Å². The summed E-state index contributed by atoms with van der Waals surface area (Å²) in [7, 11) is 0. The fraction of sp³-hybridized carbons (Fsp3) is 0.0141. The third-order valence-electron chi connectivity index (χ3n) is 15.2. The summed E-state index contributed by atoms with van der Waals surface area (Å²) < 4.78 is 6.33. The monoisotopic (exact) mass is 929 g/mol. The van der Waals surface area contributed by atoms with Crippen molar-refractivity contribution in [1.29, 1.82) is 0 Å². The summed E-state index contributed by atoms with van der Waals surface area (Å²) in [6.45, 7) is 0. The molecule has 1 aliphatic rings. The zero-order valence-electron chi connectivity index (χ0n) is 40.0. The number of benzene rings is 12. The fourth-order valence-electron chi connectivity index (χ4n) is 11.9. The molecule has 0 saturated carbocycles. The van der Waals surface area contributed by atoms with Crippen molar-refractivity contribution in [3.05, 3.63) is 307 Å². The topological polar surface area (TPSA) is 16.4 Å². The van der Waals surface area contributed by atoms with Gasteiger partial charge in [0.2, 0.25) is 0 Å². The fourth-order valence-corrected chi connectivity index (χ4v) is 11.9. The van der Waals surface area contributed by atoms with Crippen molar-refractivity contribution in [2.75, 3.05) is 4.90 Å². The van der Waals surface area contributed by atoms with Gasteiger partial charge in [-0.05, 0) is 138 Å². The Kier molecular flexibility index (Phi) is 10.1. The molecule has 0 spiro atoms. The van der Waals surface area contributed by atoms with Gasteiger partial charge in [-0.3, -0.25) is 0 Å². The zero-order chi connectivity index (χ0) is 48.3. The molecule has 13 aromatic rings. The van der Waals surface area contributed by atoms with E-state index in [0.717, 1.165) is 61.3 Å². The van der Waals surface area contributed by atoms with Gasteiger partial charge in [0.05, 0.1) is 11.1 Å². The SMILES string of the molecule is c1ccc(-c2cccc3cccc(-c4ccccc4N(c4ccc(-c5ccc6c(c5)C(c5ccccc5)(c5ccccc5)c5ccccc5-6)cc4)c4ccc(-c5ccc6c(c5)oc5ccccc56)cc4)c23)cc1. The summed E-state index contributed by atoms with van der Waals surface area (Å²) in [5.41, 5.74) is 21.5. The van der Waals surface area contributed by atoms with E-state index >= 15 is 0 Å². The van der Waals surface area contributed by atoms with Gasteiger partial charge in [0.15, 0.2) is 0 Å². The normalized spacial score (nSPS) is 12.5. The molecule has 0 bridgehead atoms. The Morgan fingerprint density at radius 3 is 1.49 bits per heavy atom. The van der Waals surface area contributed by atoms with Gasteiger partial charge in [-0.2, -0.15) is 0 Å². The van der Waals surface area contributed by atoms with Crippen molar-refractivity contribution in [2.24, 2.45) is 0 Å². The van der Waals surface area contributed by atoms with Gasteiger partial charge < -0.3 is 9.32 Å². The Morgan fingerprint density at radius 2 is 0.795 bits per heavy atom. The highest BCUT2D eigenvalue weighted by Gasteiger charge is 2.46. The first-order valence-corrected chi connectivity index (χ1v) is 25.2. The van der Waals surface area contributed by atoms with Crippen molar-refractivity contribution in [1.82, 2.24) is 0 Å². The van der Waals surface area contributed by atoms with E-state index in [9.17, 15) is 0 Å². The van der Waals surface area contributed by atoms with Crippen molar-refractivity contribution in [2.45, 2.75) is 5.41 Å². The van der Waals surface area contributed by atoms with Crippen molar-refractivity contribution >= 4 is 49.8 Å². The predicted molar refractivity (Wildman–Crippen MR) is 305 cm³/mol. The largest absolute Gasteiger partial charge is 0.456 e. The minimum Gasteiger partial charge on any atom is -0.456 e. The van der Waals surface area contributed by atoms with Crippen molar-refractivity contribution in [3.8, 4) is 55.6 Å². The molecule has 14 rings (SSSR count). The van der Waals surface area contributed by atoms with E-state index < -0.39 is 5.41 Å². The number of rotatable bonds is 9. The minimum atomic E-state index is -0.475. The van der Waals surface area contributed by atoms with Crippen LogP contribution in [0.2, 0.25) is 0 Å². The van der Waals surface area contributed by atoms with Crippen LogP contribution in [0.1, 0.15) is 22.3 Å². The smallest absolute Gasteiger partial charge is 0.136 e. The van der Waals surface area contributed by atoms with Gasteiger partial charge in [0, 0.05) is 27.7 Å². The number of anilines is 3. The van der Waals surface area contributed by atoms with E-state index in [0.29, 0.717) is 0 Å². The molecule has 2 heteroatoms. The Hall–Kier alpha value is -9.50. The summed E-state index contributed by atoms with van der Waals surface area (Å²) in [5, 5.41) is 4.70. The molecule has 0 N–H and O–H groups in total. The first-order chi connectivity index (χ1) is 36.2. The highest BCUT2D eigenvalue weighted by atomic mass is 16.3. The Labute approximate surface area is 425 Å². The average Bonchev–Trinajstić information content (AvgIpc) is 4.03. The van der Waals surface area contributed by atoms with Crippen molar-refractivity contribution < 1.29 is 4.42 Å². The molecule has 73 heavy (non-hydrogen) atoms. The number of hydrogen-bond donors (Lipinski definition) is 0. The minimum absolute atomic E-state index is 0.475. The first kappa shape index (κ1) is 42.4. The zero-order valence-corrected chi connectivity index (χ0v) is 40.0. The summed E-state index contributed by atoms with van der Waals surface area (Å²) in [5.74, 6) is 0. The Morgan fingerprint density at radius 1 is 0.288 bits per heavy atom. The van der Waals surface area contributed by atoms with E-state index in [1.54, 1.807) is 0 Å². The molecule has 2 nitrogen and oxygen atoms in total. The van der Waals surface area contributed by atoms with Gasteiger partial charge in [0.1, 0.15) is 11.2 Å². The molecule has 0 atom stereocenters. The summed E-state index contributed by atoms with van der Waals surface area (Å²) in [6, 6.07) is 104. The second-order valence-corrected chi connectivity index (χ2v) is 19.1. The van der Waals surface area contributed by atoms with Gasteiger partial charge in [-0.15, -0.1) is 0 Å². The molecule has 0 radical (unpaired) electrons. The molecule has 342 valence electrons. The second-order valence-electron chi connectivity index (χ2n) is 19.1.